The van der Waals surface area contributed by atoms with Crippen LogP contribution in [0.3, 0.4) is 0 Å². The molecule has 0 bridgehead atoms. The van der Waals surface area contributed by atoms with Crippen LogP contribution in [0.1, 0.15) is 31.2 Å². The van der Waals surface area contributed by atoms with E-state index in [0.717, 1.165) is 22.0 Å². The molecule has 1 aliphatic rings. The standard InChI is InChI=1S/C19H21FN4O5S/c1-12-9-13(29-21-12)11-24-17(25)15-10-14(30(27,28)22-19(2)5-6-19)3-4-16(15)23(8-7-20)18(24)26/h3-4,9-10,22H,5-8,11H2,1-2H3. The quantitative estimate of drug-likeness (QED) is 0.597. The van der Waals surface area contributed by atoms with Crippen molar-refractivity contribution in [2.24, 2.45) is 0 Å². The Labute approximate surface area is 171 Å². The number of benzene rings is 1. The molecule has 1 aromatic carbocycles. The number of nitrogens with one attached hydrogen (secondary N) is 1. The van der Waals surface area contributed by atoms with E-state index < -0.39 is 33.5 Å². The molecule has 0 saturated heterocycles. The fraction of sp³-hybridized carbons (Fsp3) is 0.421. The molecular weight excluding hydrogens is 415 g/mol. The van der Waals surface area contributed by atoms with Crippen LogP contribution >= 0.6 is 0 Å². The van der Waals surface area contributed by atoms with Gasteiger partial charge in [0.2, 0.25) is 10.0 Å². The maximum absolute atomic E-state index is 13.1. The molecule has 30 heavy (non-hydrogen) atoms. The summed E-state index contributed by atoms with van der Waals surface area (Å²) in [5.41, 5.74) is -1.13. The van der Waals surface area contributed by atoms with Crippen LogP contribution in [-0.4, -0.2) is 34.9 Å². The molecule has 3 aromatic rings. The summed E-state index contributed by atoms with van der Waals surface area (Å²) >= 11 is 0. The summed E-state index contributed by atoms with van der Waals surface area (Å²) in [7, 11) is -3.86. The minimum Gasteiger partial charge on any atom is -0.359 e. The van der Waals surface area contributed by atoms with Crippen LogP contribution in [-0.2, 0) is 23.1 Å². The number of hydrogen-bond acceptors (Lipinski definition) is 6. The Morgan fingerprint density at radius 2 is 1.97 bits per heavy atom. The van der Waals surface area contributed by atoms with E-state index in [2.05, 4.69) is 9.88 Å². The summed E-state index contributed by atoms with van der Waals surface area (Å²) < 4.78 is 48.3. The Kier molecular flexibility index (Phi) is 4.89. The Hall–Kier alpha value is -2.79. The van der Waals surface area contributed by atoms with Crippen molar-refractivity contribution in [1.29, 1.82) is 0 Å². The third-order valence-electron chi connectivity index (χ3n) is 5.19. The third-order valence-corrected chi connectivity index (χ3v) is 6.82. The van der Waals surface area contributed by atoms with Crippen molar-refractivity contribution in [1.82, 2.24) is 19.0 Å². The van der Waals surface area contributed by atoms with Gasteiger partial charge in [-0.25, -0.2) is 22.3 Å². The number of hydrogen-bond donors (Lipinski definition) is 1. The van der Waals surface area contributed by atoms with Gasteiger partial charge in [-0.2, -0.15) is 0 Å². The van der Waals surface area contributed by atoms with Crippen LogP contribution in [0.2, 0.25) is 0 Å². The fourth-order valence-electron chi connectivity index (χ4n) is 3.33. The van der Waals surface area contributed by atoms with Gasteiger partial charge >= 0.3 is 5.69 Å². The molecule has 1 fully saturated rings. The van der Waals surface area contributed by atoms with E-state index in [1.165, 1.54) is 18.2 Å². The fourth-order valence-corrected chi connectivity index (χ4v) is 4.82. The third kappa shape index (κ3) is 3.70. The average Bonchev–Trinajstić information content (AvgIpc) is 3.26. The van der Waals surface area contributed by atoms with Crippen molar-refractivity contribution in [3.8, 4) is 0 Å². The zero-order valence-electron chi connectivity index (χ0n) is 16.5. The second kappa shape index (κ2) is 7.17. The second-order valence-electron chi connectivity index (χ2n) is 7.79. The first kappa shape index (κ1) is 20.5. The molecular formula is C19H21FN4O5S. The maximum Gasteiger partial charge on any atom is 0.331 e. The number of aryl methyl sites for hydroxylation is 2. The highest BCUT2D eigenvalue weighted by molar-refractivity contribution is 7.89. The van der Waals surface area contributed by atoms with Gasteiger partial charge < -0.3 is 4.52 Å². The molecule has 2 heterocycles. The first-order valence-corrected chi connectivity index (χ1v) is 10.9. The van der Waals surface area contributed by atoms with E-state index in [9.17, 15) is 22.4 Å². The minimum atomic E-state index is -3.86. The minimum absolute atomic E-state index is 0.00288. The van der Waals surface area contributed by atoms with E-state index >= 15 is 0 Å². The molecule has 0 spiro atoms. The van der Waals surface area contributed by atoms with Crippen LogP contribution < -0.4 is 16.0 Å². The Bertz CT molecular complexity index is 1350. The smallest absolute Gasteiger partial charge is 0.331 e. The van der Waals surface area contributed by atoms with Gasteiger partial charge in [0.15, 0.2) is 5.76 Å². The van der Waals surface area contributed by atoms with E-state index in [0.29, 0.717) is 5.69 Å². The van der Waals surface area contributed by atoms with Crippen molar-refractivity contribution >= 4 is 20.9 Å². The largest absolute Gasteiger partial charge is 0.359 e. The van der Waals surface area contributed by atoms with Gasteiger partial charge in [-0.3, -0.25) is 13.9 Å². The molecule has 4 rings (SSSR count). The van der Waals surface area contributed by atoms with Gasteiger partial charge in [-0.05, 0) is 44.9 Å². The summed E-state index contributed by atoms with van der Waals surface area (Å²) in [5, 5.41) is 3.74. The van der Waals surface area contributed by atoms with Gasteiger partial charge in [0.05, 0.1) is 34.6 Å². The van der Waals surface area contributed by atoms with Crippen molar-refractivity contribution in [3.63, 3.8) is 0 Å². The Balaban J connectivity index is 1.89. The SMILES string of the molecule is Cc1cc(Cn2c(=O)c3cc(S(=O)(=O)NC4(C)CC4)ccc3n(CCF)c2=O)on1. The summed E-state index contributed by atoms with van der Waals surface area (Å²) in [4.78, 5) is 25.8. The van der Waals surface area contributed by atoms with Gasteiger partial charge in [0.1, 0.15) is 6.67 Å². The lowest BCUT2D eigenvalue weighted by Gasteiger charge is -2.15. The highest BCUT2D eigenvalue weighted by atomic mass is 32.2. The molecule has 1 aliphatic carbocycles. The monoisotopic (exact) mass is 436 g/mol. The number of alkyl halides is 1. The van der Waals surface area contributed by atoms with Crippen molar-refractivity contribution < 1.29 is 17.3 Å². The van der Waals surface area contributed by atoms with Gasteiger partial charge in [0.25, 0.3) is 5.56 Å². The number of nitrogens with zero attached hydrogens (tertiary/aromatic N) is 3. The van der Waals surface area contributed by atoms with Gasteiger partial charge in [-0.1, -0.05) is 5.16 Å². The number of fused-ring (bicyclic) bond motifs is 1. The van der Waals surface area contributed by atoms with E-state index in [4.69, 9.17) is 4.52 Å². The molecule has 0 radical (unpaired) electrons. The zero-order chi connectivity index (χ0) is 21.7. The molecule has 0 aliphatic heterocycles. The van der Waals surface area contributed by atoms with Crippen molar-refractivity contribution in [2.75, 3.05) is 6.67 Å². The molecule has 1 saturated carbocycles. The predicted octanol–water partition coefficient (Wildman–Crippen LogP) is 1.31. The molecule has 9 nitrogen and oxygen atoms in total. The van der Waals surface area contributed by atoms with Crippen LogP contribution in [0.5, 0.6) is 0 Å². The molecule has 160 valence electrons. The van der Waals surface area contributed by atoms with Gasteiger partial charge in [0, 0.05) is 11.6 Å². The Morgan fingerprint density at radius 1 is 1.23 bits per heavy atom. The molecule has 1 N–H and O–H groups in total. The van der Waals surface area contributed by atoms with Crippen molar-refractivity contribution in [3.05, 3.63) is 56.6 Å². The summed E-state index contributed by atoms with van der Waals surface area (Å²) in [6.07, 6.45) is 1.47. The van der Waals surface area contributed by atoms with Crippen LogP contribution in [0, 0.1) is 6.92 Å². The highest BCUT2D eigenvalue weighted by Crippen LogP contribution is 2.36. The Morgan fingerprint density at radius 3 is 2.57 bits per heavy atom. The van der Waals surface area contributed by atoms with Crippen molar-refractivity contribution in [2.45, 2.75) is 50.2 Å². The van der Waals surface area contributed by atoms with Crippen LogP contribution in [0.4, 0.5) is 4.39 Å². The summed E-state index contributed by atoms with van der Waals surface area (Å²) in [6, 6.07) is 5.48. The lowest BCUT2D eigenvalue weighted by molar-refractivity contribution is 0.367. The topological polar surface area (TPSA) is 116 Å². The number of sulfonamides is 1. The summed E-state index contributed by atoms with van der Waals surface area (Å²) in [6.45, 7) is 2.20. The molecule has 0 amide bonds. The number of rotatable bonds is 7. The predicted molar refractivity (Wildman–Crippen MR) is 107 cm³/mol. The van der Waals surface area contributed by atoms with Crippen LogP contribution in [0.15, 0.2) is 43.3 Å². The van der Waals surface area contributed by atoms with Crippen LogP contribution in [0.25, 0.3) is 10.9 Å². The maximum atomic E-state index is 13.1. The first-order chi connectivity index (χ1) is 14.1. The molecule has 0 unspecified atom stereocenters. The molecule has 11 heteroatoms. The van der Waals surface area contributed by atoms with Gasteiger partial charge in [-0.15, -0.1) is 0 Å². The molecule has 2 aromatic heterocycles. The summed E-state index contributed by atoms with van der Waals surface area (Å²) in [5.74, 6) is 0.282. The van der Waals surface area contributed by atoms with E-state index in [1.807, 2.05) is 0 Å². The second-order valence-corrected chi connectivity index (χ2v) is 9.48. The number of aromatic nitrogens is 3. The van der Waals surface area contributed by atoms with E-state index in [-0.39, 0.29) is 34.6 Å². The molecule has 0 atom stereocenters. The van der Waals surface area contributed by atoms with E-state index in [1.54, 1.807) is 19.9 Å². The normalized spacial score (nSPS) is 15.6. The highest BCUT2D eigenvalue weighted by Gasteiger charge is 2.41. The average molecular weight is 436 g/mol. The lowest BCUT2D eigenvalue weighted by atomic mass is 10.2. The zero-order valence-corrected chi connectivity index (χ0v) is 17.3. The number of halogens is 1. The first-order valence-electron chi connectivity index (χ1n) is 9.43. The lowest BCUT2D eigenvalue weighted by Crippen LogP contribution is -2.41.